The summed E-state index contributed by atoms with van der Waals surface area (Å²) in [4.78, 5) is 16.8. The van der Waals surface area contributed by atoms with E-state index in [1.165, 1.54) is 11.1 Å². The van der Waals surface area contributed by atoms with Crippen molar-refractivity contribution in [1.29, 1.82) is 0 Å². The summed E-state index contributed by atoms with van der Waals surface area (Å²) in [6, 6.07) is 16.4. The molecule has 0 saturated heterocycles. The number of rotatable bonds is 7. The molecule has 2 N–H and O–H groups in total. The number of imidazole rings is 1. The zero-order valence-corrected chi connectivity index (χ0v) is 16.5. The lowest BCUT2D eigenvalue weighted by Gasteiger charge is -2.11. The van der Waals surface area contributed by atoms with Crippen LogP contribution in [0.15, 0.2) is 67.1 Å². The topological polar surface area (TPSA) is 75.7 Å². The van der Waals surface area contributed by atoms with Crippen molar-refractivity contribution < 1.29 is 4.74 Å². The zero-order chi connectivity index (χ0) is 20.1. The van der Waals surface area contributed by atoms with E-state index in [9.17, 15) is 0 Å². The summed E-state index contributed by atoms with van der Waals surface area (Å²) in [6.45, 7) is 2.86. The first-order valence-electron chi connectivity index (χ1n) is 9.53. The van der Waals surface area contributed by atoms with Gasteiger partial charge in [-0.2, -0.15) is 0 Å². The number of aromatic nitrogens is 4. The quantitative estimate of drug-likeness (QED) is 0.490. The van der Waals surface area contributed by atoms with Gasteiger partial charge >= 0.3 is 0 Å². The average molecular weight is 385 g/mol. The highest BCUT2D eigenvalue weighted by atomic mass is 16.5. The van der Waals surface area contributed by atoms with E-state index in [4.69, 9.17) is 9.72 Å². The van der Waals surface area contributed by atoms with E-state index in [1.807, 2.05) is 24.3 Å². The van der Waals surface area contributed by atoms with E-state index in [0.29, 0.717) is 5.95 Å². The summed E-state index contributed by atoms with van der Waals surface area (Å²) in [5.41, 5.74) is 5.20. The number of hydrogen-bond acceptors (Lipinski definition) is 5. The molecule has 6 heteroatoms. The van der Waals surface area contributed by atoms with Gasteiger partial charge in [0.25, 0.3) is 0 Å². The highest BCUT2D eigenvalue weighted by Gasteiger charge is 2.13. The number of methoxy groups -OCH3 is 1. The zero-order valence-electron chi connectivity index (χ0n) is 16.5. The maximum atomic E-state index is 5.27. The summed E-state index contributed by atoms with van der Waals surface area (Å²) in [5.74, 6) is 2.14. The number of ether oxygens (including phenoxy) is 1. The van der Waals surface area contributed by atoms with Gasteiger partial charge in [0.1, 0.15) is 11.6 Å². The maximum Gasteiger partial charge on any atom is 0.223 e. The Morgan fingerprint density at radius 2 is 1.93 bits per heavy atom. The van der Waals surface area contributed by atoms with Crippen LogP contribution < -0.4 is 10.1 Å². The van der Waals surface area contributed by atoms with Gasteiger partial charge in [0.05, 0.1) is 18.4 Å². The fourth-order valence-electron chi connectivity index (χ4n) is 3.21. The number of aromatic amines is 1. The van der Waals surface area contributed by atoms with E-state index in [0.717, 1.165) is 41.4 Å². The standard InChI is InChI=1S/C23H23N5O/c1-16-4-3-5-17(14-16)10-11-26-23-27-15-20(22-24-12-13-25-22)21(28-23)18-6-8-19(29-2)9-7-18/h3-9,12-15H,10-11H2,1-2H3,(H,24,25)(H,26,27,28). The molecule has 0 saturated carbocycles. The van der Waals surface area contributed by atoms with Crippen molar-refractivity contribution in [3.8, 4) is 28.4 Å². The molecule has 2 aromatic carbocycles. The Kier molecular flexibility index (Phi) is 5.52. The van der Waals surface area contributed by atoms with Crippen molar-refractivity contribution in [2.75, 3.05) is 19.0 Å². The molecule has 0 aliphatic rings. The van der Waals surface area contributed by atoms with Gasteiger partial charge < -0.3 is 15.0 Å². The third-order valence-corrected chi connectivity index (χ3v) is 4.68. The van der Waals surface area contributed by atoms with Crippen LogP contribution in [0.3, 0.4) is 0 Å². The van der Waals surface area contributed by atoms with Crippen molar-refractivity contribution in [2.24, 2.45) is 0 Å². The first kappa shape index (κ1) is 18.7. The van der Waals surface area contributed by atoms with Gasteiger partial charge in [0.15, 0.2) is 0 Å². The Morgan fingerprint density at radius 1 is 1.07 bits per heavy atom. The fourth-order valence-corrected chi connectivity index (χ4v) is 3.21. The minimum Gasteiger partial charge on any atom is -0.497 e. The van der Waals surface area contributed by atoms with Gasteiger partial charge in [-0.15, -0.1) is 0 Å². The van der Waals surface area contributed by atoms with Crippen molar-refractivity contribution in [2.45, 2.75) is 13.3 Å². The average Bonchev–Trinajstić information content (AvgIpc) is 3.29. The molecule has 0 fully saturated rings. The van der Waals surface area contributed by atoms with Gasteiger partial charge in [-0.05, 0) is 43.2 Å². The van der Waals surface area contributed by atoms with E-state index in [2.05, 4.69) is 51.5 Å². The lowest BCUT2D eigenvalue weighted by molar-refractivity contribution is 0.415. The summed E-state index contributed by atoms with van der Waals surface area (Å²) in [5, 5.41) is 3.34. The number of aryl methyl sites for hydroxylation is 1. The molecular weight excluding hydrogens is 362 g/mol. The molecule has 0 aliphatic heterocycles. The van der Waals surface area contributed by atoms with Gasteiger partial charge in [-0.25, -0.2) is 15.0 Å². The molecule has 4 rings (SSSR count). The second-order valence-corrected chi connectivity index (χ2v) is 6.79. The second-order valence-electron chi connectivity index (χ2n) is 6.79. The van der Waals surface area contributed by atoms with Crippen molar-refractivity contribution >= 4 is 5.95 Å². The molecule has 0 unspecified atom stereocenters. The van der Waals surface area contributed by atoms with Gasteiger partial charge in [-0.3, -0.25) is 0 Å². The van der Waals surface area contributed by atoms with Crippen LogP contribution in [0.4, 0.5) is 5.95 Å². The Morgan fingerprint density at radius 3 is 2.66 bits per heavy atom. The third-order valence-electron chi connectivity index (χ3n) is 4.68. The molecule has 0 aliphatic carbocycles. The molecular formula is C23H23N5O. The van der Waals surface area contributed by atoms with Crippen LogP contribution in [0.2, 0.25) is 0 Å². The summed E-state index contributed by atoms with van der Waals surface area (Å²) in [7, 11) is 1.66. The first-order valence-corrected chi connectivity index (χ1v) is 9.53. The van der Waals surface area contributed by atoms with Crippen LogP contribution in [0.5, 0.6) is 5.75 Å². The van der Waals surface area contributed by atoms with Crippen molar-refractivity contribution in [1.82, 2.24) is 19.9 Å². The number of anilines is 1. The van der Waals surface area contributed by atoms with Crippen LogP contribution in [-0.4, -0.2) is 33.6 Å². The van der Waals surface area contributed by atoms with Crippen molar-refractivity contribution in [3.63, 3.8) is 0 Å². The molecule has 4 aromatic rings. The number of hydrogen-bond donors (Lipinski definition) is 2. The van der Waals surface area contributed by atoms with E-state index in [1.54, 1.807) is 25.7 Å². The molecule has 2 heterocycles. The Balaban J connectivity index is 1.58. The van der Waals surface area contributed by atoms with Gasteiger partial charge in [0, 0.05) is 30.7 Å². The number of nitrogens with zero attached hydrogens (tertiary/aromatic N) is 3. The minimum atomic E-state index is 0.596. The SMILES string of the molecule is COc1ccc(-c2nc(NCCc3cccc(C)c3)ncc2-c2ncc[nH]2)cc1. The second kappa shape index (κ2) is 8.56. The molecule has 0 amide bonds. The predicted octanol–water partition coefficient (Wildman–Crippen LogP) is 4.51. The maximum absolute atomic E-state index is 5.27. The van der Waals surface area contributed by atoms with Crippen molar-refractivity contribution in [3.05, 3.63) is 78.2 Å². The Labute approximate surface area is 170 Å². The summed E-state index contributed by atoms with van der Waals surface area (Å²) < 4.78 is 5.27. The van der Waals surface area contributed by atoms with Gasteiger partial charge in [-0.1, -0.05) is 29.8 Å². The summed E-state index contributed by atoms with van der Waals surface area (Å²) in [6.07, 6.45) is 6.23. The van der Waals surface area contributed by atoms with Crippen LogP contribution >= 0.6 is 0 Å². The van der Waals surface area contributed by atoms with Crippen LogP contribution in [0.1, 0.15) is 11.1 Å². The molecule has 29 heavy (non-hydrogen) atoms. The molecule has 0 atom stereocenters. The minimum absolute atomic E-state index is 0.596. The monoisotopic (exact) mass is 385 g/mol. The largest absolute Gasteiger partial charge is 0.497 e. The van der Waals surface area contributed by atoms with Crippen LogP contribution in [0, 0.1) is 6.92 Å². The first-order chi connectivity index (χ1) is 14.2. The molecule has 0 radical (unpaired) electrons. The number of nitrogens with one attached hydrogen (secondary N) is 2. The van der Waals surface area contributed by atoms with E-state index >= 15 is 0 Å². The Bertz CT molecular complexity index is 1070. The number of benzene rings is 2. The normalized spacial score (nSPS) is 10.7. The van der Waals surface area contributed by atoms with E-state index in [-0.39, 0.29) is 0 Å². The smallest absolute Gasteiger partial charge is 0.223 e. The molecule has 146 valence electrons. The van der Waals surface area contributed by atoms with Gasteiger partial charge in [0.2, 0.25) is 5.95 Å². The summed E-state index contributed by atoms with van der Waals surface area (Å²) >= 11 is 0. The predicted molar refractivity (Wildman–Crippen MR) is 115 cm³/mol. The molecule has 2 aromatic heterocycles. The highest BCUT2D eigenvalue weighted by Crippen LogP contribution is 2.30. The lowest BCUT2D eigenvalue weighted by atomic mass is 10.1. The van der Waals surface area contributed by atoms with E-state index < -0.39 is 0 Å². The fraction of sp³-hybridized carbons (Fsp3) is 0.174. The molecule has 0 bridgehead atoms. The lowest BCUT2D eigenvalue weighted by Crippen LogP contribution is -2.09. The molecule has 6 nitrogen and oxygen atoms in total. The third kappa shape index (κ3) is 4.43. The molecule has 0 spiro atoms. The van der Waals surface area contributed by atoms with Crippen LogP contribution in [-0.2, 0) is 6.42 Å². The number of H-pyrrole nitrogens is 1. The van der Waals surface area contributed by atoms with Crippen LogP contribution in [0.25, 0.3) is 22.6 Å². The highest BCUT2D eigenvalue weighted by molar-refractivity contribution is 5.77. The Hall–Kier alpha value is -3.67.